The minimum Gasteiger partial charge on any atom is -0.366 e. The van der Waals surface area contributed by atoms with Crippen LogP contribution in [0.1, 0.15) is 110 Å². The number of carbonyl (C=O) groups excluding carboxylic acids is 3. The second-order valence-corrected chi connectivity index (χ2v) is 17.6. The first kappa shape index (κ1) is 34.8. The molecule has 0 bridgehead atoms. The molecular formula is C42H56N8O3. The second-order valence-electron chi connectivity index (χ2n) is 17.6. The van der Waals surface area contributed by atoms with Crippen LogP contribution >= 0.6 is 0 Å². The van der Waals surface area contributed by atoms with Gasteiger partial charge in [-0.1, -0.05) is 25.5 Å². The van der Waals surface area contributed by atoms with Crippen molar-refractivity contribution in [1.29, 1.82) is 0 Å². The van der Waals surface area contributed by atoms with E-state index in [0.717, 1.165) is 65.0 Å². The maximum Gasteiger partial charge on any atom is 0.238 e. The Labute approximate surface area is 313 Å². The monoisotopic (exact) mass is 720 g/mol. The first-order chi connectivity index (χ1) is 25.5. The van der Waals surface area contributed by atoms with Gasteiger partial charge in [0.25, 0.3) is 0 Å². The van der Waals surface area contributed by atoms with Crippen LogP contribution in [-0.4, -0.2) is 104 Å². The Morgan fingerprint density at radius 1 is 0.887 bits per heavy atom. The summed E-state index contributed by atoms with van der Waals surface area (Å²) in [6.07, 6.45) is 12.7. The van der Waals surface area contributed by atoms with Crippen LogP contribution in [0.25, 0.3) is 22.3 Å². The van der Waals surface area contributed by atoms with Crippen molar-refractivity contribution in [2.75, 3.05) is 49.5 Å². The largest absolute Gasteiger partial charge is 0.366 e. The molecule has 5 fully saturated rings. The summed E-state index contributed by atoms with van der Waals surface area (Å²) in [5.41, 5.74) is 4.88. The van der Waals surface area contributed by atoms with Crippen molar-refractivity contribution in [3.63, 3.8) is 0 Å². The predicted molar refractivity (Wildman–Crippen MR) is 207 cm³/mol. The van der Waals surface area contributed by atoms with Gasteiger partial charge in [0.15, 0.2) is 5.82 Å². The third kappa shape index (κ3) is 5.92. The van der Waals surface area contributed by atoms with E-state index in [9.17, 15) is 9.59 Å². The summed E-state index contributed by atoms with van der Waals surface area (Å²) in [6.45, 7) is 12.7. The van der Waals surface area contributed by atoms with E-state index in [0.29, 0.717) is 63.9 Å². The molecule has 2 aromatic heterocycles. The van der Waals surface area contributed by atoms with Crippen LogP contribution in [0.5, 0.6) is 0 Å². The summed E-state index contributed by atoms with van der Waals surface area (Å²) in [5.74, 6) is 1.36. The van der Waals surface area contributed by atoms with Gasteiger partial charge in [-0.3, -0.25) is 14.4 Å². The van der Waals surface area contributed by atoms with E-state index in [1.54, 1.807) is 6.92 Å². The summed E-state index contributed by atoms with van der Waals surface area (Å²) in [6, 6.07) is 10.1. The minimum absolute atomic E-state index is 0.0767. The lowest BCUT2D eigenvalue weighted by atomic mass is 9.72. The van der Waals surface area contributed by atoms with Crippen molar-refractivity contribution in [2.45, 2.75) is 128 Å². The van der Waals surface area contributed by atoms with E-state index in [1.807, 2.05) is 16.1 Å². The number of aromatic nitrogens is 3. The van der Waals surface area contributed by atoms with E-state index < -0.39 is 10.8 Å². The van der Waals surface area contributed by atoms with Gasteiger partial charge >= 0.3 is 0 Å². The van der Waals surface area contributed by atoms with E-state index in [1.165, 1.54) is 32.4 Å². The molecule has 1 spiro atoms. The number of pyridine rings is 1. The lowest BCUT2D eigenvalue weighted by Crippen LogP contribution is -2.59. The fourth-order valence-corrected chi connectivity index (χ4v) is 10.1. The van der Waals surface area contributed by atoms with E-state index in [-0.39, 0.29) is 29.8 Å². The van der Waals surface area contributed by atoms with Crippen LogP contribution in [0.4, 0.5) is 11.5 Å². The molecule has 3 saturated heterocycles. The summed E-state index contributed by atoms with van der Waals surface area (Å²) in [7, 11) is 0. The number of carbonyl (C=O) groups is 3. The number of benzene rings is 1. The smallest absolute Gasteiger partial charge is 0.238 e. The summed E-state index contributed by atoms with van der Waals surface area (Å²) < 4.78 is 2.20. The number of likely N-dealkylation sites (tertiary alicyclic amines) is 3. The zero-order valence-corrected chi connectivity index (χ0v) is 32.1. The lowest BCUT2D eigenvalue weighted by Gasteiger charge is -2.48. The number of nitrogens with one attached hydrogen (secondary N) is 1. The van der Waals surface area contributed by atoms with Gasteiger partial charge in [0.1, 0.15) is 5.52 Å². The highest BCUT2D eigenvalue weighted by Gasteiger charge is 2.56. The maximum atomic E-state index is 15.0. The van der Waals surface area contributed by atoms with Gasteiger partial charge in [-0.05, 0) is 109 Å². The molecule has 3 amide bonds. The van der Waals surface area contributed by atoms with Crippen LogP contribution in [0, 0.1) is 5.41 Å². The number of rotatable bonds is 7. The first-order valence-corrected chi connectivity index (χ1v) is 20.5. The molecule has 3 aromatic rings. The molecule has 11 nitrogen and oxygen atoms in total. The van der Waals surface area contributed by atoms with Gasteiger partial charge in [-0.25, -0.2) is 9.97 Å². The number of hydrogen-bond donors (Lipinski definition) is 1. The molecule has 6 aliphatic rings. The maximum absolute atomic E-state index is 15.0. The second kappa shape index (κ2) is 13.1. The summed E-state index contributed by atoms with van der Waals surface area (Å²) in [4.78, 5) is 59.8. The molecule has 4 aliphatic heterocycles. The third-order valence-electron chi connectivity index (χ3n) is 13.8. The molecule has 0 radical (unpaired) electrons. The van der Waals surface area contributed by atoms with Crippen molar-refractivity contribution in [3.05, 3.63) is 36.2 Å². The number of fused-ring (bicyclic) bond motifs is 3. The molecule has 0 atom stereocenters. The van der Waals surface area contributed by atoms with Gasteiger partial charge in [0.05, 0.1) is 23.0 Å². The van der Waals surface area contributed by atoms with Crippen molar-refractivity contribution in [2.24, 2.45) is 5.41 Å². The Kier molecular flexibility index (Phi) is 8.59. The molecule has 9 rings (SSSR count). The predicted octanol–water partition coefficient (Wildman–Crippen LogP) is 6.13. The Hall–Kier alpha value is -3.99. The van der Waals surface area contributed by atoms with Gasteiger partial charge in [-0.15, -0.1) is 0 Å². The number of hydrogen-bond acceptors (Lipinski definition) is 7. The minimum atomic E-state index is -0.633. The Bertz CT molecular complexity index is 1920. The van der Waals surface area contributed by atoms with Gasteiger partial charge in [-0.2, -0.15) is 0 Å². The number of amides is 3. The molecule has 1 aromatic carbocycles. The van der Waals surface area contributed by atoms with E-state index in [2.05, 4.69) is 64.7 Å². The molecular weight excluding hydrogens is 665 g/mol. The van der Waals surface area contributed by atoms with Crippen LogP contribution in [0.15, 0.2) is 30.6 Å². The number of nitrogens with zero attached hydrogens (tertiary/aromatic N) is 7. The topological polar surface area (TPSA) is 107 Å². The first-order valence-electron chi connectivity index (χ1n) is 20.5. The fourth-order valence-electron chi connectivity index (χ4n) is 10.1. The van der Waals surface area contributed by atoms with Gasteiger partial charge < -0.3 is 29.5 Å². The zero-order valence-electron chi connectivity index (χ0n) is 32.1. The molecule has 11 heteroatoms. The van der Waals surface area contributed by atoms with Crippen molar-refractivity contribution in [3.8, 4) is 11.3 Å². The van der Waals surface area contributed by atoms with Gasteiger partial charge in [0, 0.05) is 73.9 Å². The summed E-state index contributed by atoms with van der Waals surface area (Å²) >= 11 is 0. The van der Waals surface area contributed by atoms with Crippen LogP contribution in [0.3, 0.4) is 0 Å². The fraction of sp³-hybridized carbons (Fsp3) is 0.643. The number of imidazole rings is 1. The molecule has 6 heterocycles. The molecule has 1 N–H and O–H groups in total. The Morgan fingerprint density at radius 2 is 1.58 bits per heavy atom. The van der Waals surface area contributed by atoms with Crippen LogP contribution in [-0.2, 0) is 19.8 Å². The molecule has 2 saturated carbocycles. The average molecular weight is 721 g/mol. The lowest BCUT2D eigenvalue weighted by molar-refractivity contribution is -0.149. The van der Waals surface area contributed by atoms with Crippen LogP contribution < -0.4 is 10.2 Å². The zero-order chi connectivity index (χ0) is 36.6. The van der Waals surface area contributed by atoms with Crippen molar-refractivity contribution in [1.82, 2.24) is 29.2 Å². The number of piperidine rings is 3. The van der Waals surface area contributed by atoms with E-state index in [4.69, 9.17) is 9.97 Å². The van der Waals surface area contributed by atoms with Crippen LogP contribution in [0.2, 0.25) is 0 Å². The normalized spacial score (nSPS) is 25.6. The quantitative estimate of drug-likeness (QED) is 0.313. The van der Waals surface area contributed by atoms with Crippen molar-refractivity contribution < 1.29 is 14.4 Å². The summed E-state index contributed by atoms with van der Waals surface area (Å²) in [5, 5.41) is 3.69. The Morgan fingerprint density at radius 3 is 2.25 bits per heavy atom. The number of anilines is 2. The SMILES string of the molecule is CC(=O)N1CCC(C)(C(=O)N2CCC3(CC2)C(=O)N(C2CC(N4CCCCC4)C2)c2cc(-c4cc5ncn(C(C)C)c5c(NC5CC5)n4)ccc23)CC1. The van der Waals surface area contributed by atoms with E-state index >= 15 is 4.79 Å². The highest BCUT2D eigenvalue weighted by Crippen LogP contribution is 2.52. The van der Waals surface area contributed by atoms with Gasteiger partial charge in [0.2, 0.25) is 17.7 Å². The Balaban J connectivity index is 1.02. The molecule has 53 heavy (non-hydrogen) atoms. The van der Waals surface area contributed by atoms with Crippen molar-refractivity contribution >= 4 is 40.3 Å². The molecule has 0 unspecified atom stereocenters. The molecule has 282 valence electrons. The molecule has 2 aliphatic carbocycles. The third-order valence-corrected chi connectivity index (χ3v) is 13.8. The highest BCUT2D eigenvalue weighted by molar-refractivity contribution is 6.09. The highest BCUT2D eigenvalue weighted by atomic mass is 16.2. The average Bonchev–Trinajstić information content (AvgIpc) is 3.80. The standard InChI is InChI=1S/C42H56N8O3/c1-27(2)49-26-43-35-25-34(45-38(37(35)49)44-30-9-10-30)29-8-11-33-36(22-29)50(32-23-31(24-32)47-16-6-5-7-17-47)40(53)42(33)14-20-48(21-15-42)39(52)41(4)12-18-46(19-13-41)28(3)51/h8,11,22,25-27,30-32H,5-7,9-10,12-21,23-24H2,1-4H3,(H,44,45).